The van der Waals surface area contributed by atoms with Crippen molar-refractivity contribution in [3.8, 4) is 5.88 Å². The molecule has 0 unspecified atom stereocenters. The van der Waals surface area contributed by atoms with Crippen LogP contribution in [0, 0.1) is 5.82 Å². The molecule has 8 heteroatoms. The number of carbonyl (C=O) groups is 1. The van der Waals surface area contributed by atoms with E-state index in [-0.39, 0.29) is 11.5 Å². The number of benzene rings is 1. The molecule has 0 aliphatic carbocycles. The molecule has 1 aromatic carbocycles. The smallest absolute Gasteiger partial charge is 0.278 e. The van der Waals surface area contributed by atoms with Crippen LogP contribution in [0.3, 0.4) is 0 Å². The Morgan fingerprint density at radius 2 is 2.12 bits per heavy atom. The molecule has 3 rings (SSSR count). The van der Waals surface area contributed by atoms with E-state index in [0.717, 1.165) is 5.56 Å². The minimum absolute atomic E-state index is 0.139. The van der Waals surface area contributed by atoms with Crippen LogP contribution in [0.5, 0.6) is 5.88 Å². The SMILES string of the molecule is CCOc1cccc(NC(=O)c2cn(Cc3cccc(F)c3)nn2)n1. The highest BCUT2D eigenvalue weighted by Gasteiger charge is 2.12. The summed E-state index contributed by atoms with van der Waals surface area (Å²) < 4.78 is 20.0. The summed E-state index contributed by atoms with van der Waals surface area (Å²) in [6, 6.07) is 11.2. The number of nitrogens with one attached hydrogen (secondary N) is 1. The predicted molar refractivity (Wildman–Crippen MR) is 88.9 cm³/mol. The first-order valence-electron chi connectivity index (χ1n) is 7.70. The summed E-state index contributed by atoms with van der Waals surface area (Å²) in [4.78, 5) is 16.4. The second-order valence-corrected chi connectivity index (χ2v) is 5.18. The molecule has 2 heterocycles. The largest absolute Gasteiger partial charge is 0.478 e. The fraction of sp³-hybridized carbons (Fsp3) is 0.176. The first-order chi connectivity index (χ1) is 12.1. The van der Waals surface area contributed by atoms with Gasteiger partial charge in [-0.2, -0.15) is 4.98 Å². The standard InChI is InChI=1S/C17H16FN5O2/c1-2-25-16-8-4-7-15(19-16)20-17(24)14-11-23(22-21-14)10-12-5-3-6-13(18)9-12/h3-9,11H,2,10H2,1H3,(H,19,20,24). The molecule has 0 saturated carbocycles. The maximum atomic E-state index is 13.2. The van der Waals surface area contributed by atoms with E-state index in [1.54, 1.807) is 30.3 Å². The van der Waals surface area contributed by atoms with Gasteiger partial charge in [0.15, 0.2) is 5.69 Å². The predicted octanol–water partition coefficient (Wildman–Crippen LogP) is 2.51. The number of carbonyl (C=O) groups excluding carboxylic acids is 1. The monoisotopic (exact) mass is 341 g/mol. The van der Waals surface area contributed by atoms with E-state index in [9.17, 15) is 9.18 Å². The molecule has 1 amide bonds. The second kappa shape index (κ2) is 7.52. The summed E-state index contributed by atoms with van der Waals surface area (Å²) in [5, 5.41) is 10.4. The van der Waals surface area contributed by atoms with Crippen LogP contribution in [0.1, 0.15) is 23.0 Å². The lowest BCUT2D eigenvalue weighted by atomic mass is 10.2. The number of ether oxygens (including phenoxy) is 1. The van der Waals surface area contributed by atoms with Crippen molar-refractivity contribution in [3.63, 3.8) is 0 Å². The zero-order valence-corrected chi connectivity index (χ0v) is 13.5. The highest BCUT2D eigenvalue weighted by atomic mass is 19.1. The molecular weight excluding hydrogens is 325 g/mol. The molecule has 0 aliphatic heterocycles. The Hall–Kier alpha value is -3.29. The van der Waals surface area contributed by atoms with Crippen LogP contribution in [0.4, 0.5) is 10.2 Å². The van der Waals surface area contributed by atoms with Crippen LogP contribution in [-0.2, 0) is 6.54 Å². The fourth-order valence-electron chi connectivity index (χ4n) is 2.20. The molecule has 0 fully saturated rings. The van der Waals surface area contributed by atoms with E-state index in [2.05, 4.69) is 20.6 Å². The van der Waals surface area contributed by atoms with E-state index < -0.39 is 5.91 Å². The molecule has 128 valence electrons. The van der Waals surface area contributed by atoms with Crippen molar-refractivity contribution in [2.75, 3.05) is 11.9 Å². The summed E-state index contributed by atoms with van der Waals surface area (Å²) in [6.07, 6.45) is 1.49. The van der Waals surface area contributed by atoms with E-state index >= 15 is 0 Å². The average Bonchev–Trinajstić information content (AvgIpc) is 3.04. The molecule has 7 nitrogen and oxygen atoms in total. The van der Waals surface area contributed by atoms with E-state index in [4.69, 9.17) is 4.74 Å². The topological polar surface area (TPSA) is 81.9 Å². The third-order valence-corrected chi connectivity index (χ3v) is 3.26. The number of rotatable bonds is 6. The molecule has 0 atom stereocenters. The molecule has 2 aromatic heterocycles. The van der Waals surface area contributed by atoms with Gasteiger partial charge < -0.3 is 10.1 Å². The van der Waals surface area contributed by atoms with Gasteiger partial charge in [0.05, 0.1) is 19.3 Å². The lowest BCUT2D eigenvalue weighted by molar-refractivity contribution is 0.102. The van der Waals surface area contributed by atoms with Gasteiger partial charge >= 0.3 is 0 Å². The third-order valence-electron chi connectivity index (χ3n) is 3.26. The van der Waals surface area contributed by atoms with Crippen molar-refractivity contribution in [3.05, 3.63) is 65.7 Å². The molecular formula is C17H16FN5O2. The molecule has 0 radical (unpaired) electrons. The zero-order chi connectivity index (χ0) is 17.6. The average molecular weight is 341 g/mol. The van der Waals surface area contributed by atoms with Crippen molar-refractivity contribution in [2.45, 2.75) is 13.5 Å². The second-order valence-electron chi connectivity index (χ2n) is 5.18. The van der Waals surface area contributed by atoms with Gasteiger partial charge in [0.1, 0.15) is 11.6 Å². The Kier molecular flexibility index (Phi) is 4.98. The zero-order valence-electron chi connectivity index (χ0n) is 13.5. The Labute approximate surface area is 143 Å². The van der Waals surface area contributed by atoms with Crippen molar-refractivity contribution in [1.82, 2.24) is 20.0 Å². The number of hydrogen-bond donors (Lipinski definition) is 1. The van der Waals surface area contributed by atoms with Gasteiger partial charge in [-0.05, 0) is 30.7 Å². The summed E-state index contributed by atoms with van der Waals surface area (Å²) >= 11 is 0. The highest BCUT2D eigenvalue weighted by Crippen LogP contribution is 2.12. The van der Waals surface area contributed by atoms with Gasteiger partial charge in [-0.25, -0.2) is 9.07 Å². The van der Waals surface area contributed by atoms with Crippen LogP contribution in [0.25, 0.3) is 0 Å². The highest BCUT2D eigenvalue weighted by molar-refractivity contribution is 6.02. The van der Waals surface area contributed by atoms with Gasteiger partial charge in [-0.3, -0.25) is 4.79 Å². The maximum Gasteiger partial charge on any atom is 0.278 e. The van der Waals surface area contributed by atoms with Crippen LogP contribution >= 0.6 is 0 Å². The Balaban J connectivity index is 1.67. The Bertz CT molecular complexity index is 881. The van der Waals surface area contributed by atoms with Crippen molar-refractivity contribution >= 4 is 11.7 Å². The summed E-state index contributed by atoms with van der Waals surface area (Å²) in [7, 11) is 0. The van der Waals surface area contributed by atoms with E-state index in [1.165, 1.54) is 23.0 Å². The van der Waals surface area contributed by atoms with Crippen LogP contribution in [0.15, 0.2) is 48.7 Å². The first kappa shape index (κ1) is 16.6. The number of halogens is 1. The normalized spacial score (nSPS) is 10.5. The van der Waals surface area contributed by atoms with Gasteiger partial charge in [0, 0.05) is 6.07 Å². The molecule has 0 aliphatic rings. The van der Waals surface area contributed by atoms with Gasteiger partial charge in [0.2, 0.25) is 5.88 Å². The van der Waals surface area contributed by atoms with Crippen LogP contribution in [-0.4, -0.2) is 32.5 Å². The van der Waals surface area contributed by atoms with Crippen molar-refractivity contribution in [1.29, 1.82) is 0 Å². The molecule has 0 saturated heterocycles. The number of pyridine rings is 1. The fourth-order valence-corrected chi connectivity index (χ4v) is 2.20. The van der Waals surface area contributed by atoms with Gasteiger partial charge in [0.25, 0.3) is 5.91 Å². The number of anilines is 1. The molecule has 1 N–H and O–H groups in total. The number of nitrogens with zero attached hydrogens (tertiary/aromatic N) is 4. The van der Waals surface area contributed by atoms with Crippen molar-refractivity contribution < 1.29 is 13.9 Å². The quantitative estimate of drug-likeness (QED) is 0.745. The molecule has 0 bridgehead atoms. The summed E-state index contributed by atoms with van der Waals surface area (Å²) in [6.45, 7) is 2.65. The maximum absolute atomic E-state index is 13.2. The van der Waals surface area contributed by atoms with Crippen LogP contribution in [0.2, 0.25) is 0 Å². The van der Waals surface area contributed by atoms with Crippen LogP contribution < -0.4 is 10.1 Å². The number of aromatic nitrogens is 4. The molecule has 0 spiro atoms. The lowest BCUT2D eigenvalue weighted by Crippen LogP contribution is -2.13. The molecule has 25 heavy (non-hydrogen) atoms. The minimum Gasteiger partial charge on any atom is -0.478 e. The van der Waals surface area contributed by atoms with Crippen molar-refractivity contribution in [2.24, 2.45) is 0 Å². The van der Waals surface area contributed by atoms with Gasteiger partial charge in [-0.1, -0.05) is 23.4 Å². The minimum atomic E-state index is -0.438. The third kappa shape index (κ3) is 4.37. The summed E-state index contributed by atoms with van der Waals surface area (Å²) in [5.41, 5.74) is 0.864. The van der Waals surface area contributed by atoms with E-state index in [0.29, 0.717) is 24.8 Å². The number of amides is 1. The lowest BCUT2D eigenvalue weighted by Gasteiger charge is -2.05. The molecule has 3 aromatic rings. The first-order valence-corrected chi connectivity index (χ1v) is 7.70. The number of hydrogen-bond acceptors (Lipinski definition) is 5. The Morgan fingerprint density at radius 1 is 1.28 bits per heavy atom. The van der Waals surface area contributed by atoms with Gasteiger partial charge in [-0.15, -0.1) is 5.10 Å². The summed E-state index contributed by atoms with van der Waals surface area (Å²) in [5.74, 6) is 0.0214. The Morgan fingerprint density at radius 3 is 2.92 bits per heavy atom. The van der Waals surface area contributed by atoms with E-state index in [1.807, 2.05) is 6.92 Å².